The Morgan fingerprint density at radius 3 is 2.28 bits per heavy atom. The highest BCUT2D eigenvalue weighted by Gasteiger charge is 2.22. The zero-order valence-electron chi connectivity index (χ0n) is 16.5. The first-order valence-corrected chi connectivity index (χ1v) is 10.4. The van der Waals surface area contributed by atoms with Crippen LogP contribution in [0.25, 0.3) is 27.5 Å². The number of hydrogen-bond acceptors (Lipinski definition) is 7. The van der Waals surface area contributed by atoms with Gasteiger partial charge in [0.2, 0.25) is 10.9 Å². The standard InChI is InChI=1S/C23H15N5O3S/c29-22-21(26-25-17-12-7-13-18(14-17)28(30)31)32-23-24-19(15-8-3-1-4-9-15)20(27(22)23)16-10-5-2-6-11-16/h1-14,29H. The second-order valence-corrected chi connectivity index (χ2v) is 7.82. The molecule has 0 bridgehead atoms. The molecule has 0 aliphatic carbocycles. The SMILES string of the molecule is O=[N+]([O-])c1cccc(N=Nc2sc3nc(-c4ccccc4)c(-c4ccccc4)n3c2O)c1. The molecule has 0 saturated heterocycles. The highest BCUT2D eigenvalue weighted by atomic mass is 32.1. The van der Waals surface area contributed by atoms with Gasteiger partial charge in [0.1, 0.15) is 0 Å². The minimum absolute atomic E-state index is 0.0782. The van der Waals surface area contributed by atoms with Crippen LogP contribution in [0.2, 0.25) is 0 Å². The molecule has 3 aromatic carbocycles. The average molecular weight is 441 g/mol. The van der Waals surface area contributed by atoms with Crippen LogP contribution in [0, 0.1) is 10.1 Å². The van der Waals surface area contributed by atoms with Gasteiger partial charge in [-0.25, -0.2) is 4.98 Å². The van der Waals surface area contributed by atoms with Crippen molar-refractivity contribution >= 4 is 32.7 Å². The van der Waals surface area contributed by atoms with Crippen LogP contribution >= 0.6 is 11.3 Å². The number of nitro groups is 1. The fourth-order valence-corrected chi connectivity index (χ4v) is 4.23. The first-order valence-electron chi connectivity index (χ1n) is 9.63. The molecule has 0 amide bonds. The van der Waals surface area contributed by atoms with E-state index in [4.69, 9.17) is 4.98 Å². The van der Waals surface area contributed by atoms with Crippen LogP contribution in [0.5, 0.6) is 5.88 Å². The molecule has 9 heteroatoms. The lowest BCUT2D eigenvalue weighted by molar-refractivity contribution is -0.384. The zero-order chi connectivity index (χ0) is 22.1. The third-order valence-corrected chi connectivity index (χ3v) is 5.74. The molecule has 0 saturated carbocycles. The van der Waals surface area contributed by atoms with Crippen molar-refractivity contribution in [1.29, 1.82) is 0 Å². The van der Waals surface area contributed by atoms with Gasteiger partial charge in [0.25, 0.3) is 5.69 Å². The summed E-state index contributed by atoms with van der Waals surface area (Å²) in [7, 11) is 0. The smallest absolute Gasteiger partial charge is 0.271 e. The van der Waals surface area contributed by atoms with Gasteiger partial charge in [-0.1, -0.05) is 78.1 Å². The van der Waals surface area contributed by atoms with Gasteiger partial charge in [-0.2, -0.15) is 0 Å². The Balaban J connectivity index is 1.64. The summed E-state index contributed by atoms with van der Waals surface area (Å²) in [6.07, 6.45) is 0. The third-order valence-electron chi connectivity index (χ3n) is 4.83. The van der Waals surface area contributed by atoms with E-state index >= 15 is 0 Å². The topological polar surface area (TPSA) is 105 Å². The van der Waals surface area contributed by atoms with Crippen molar-refractivity contribution in [2.75, 3.05) is 0 Å². The Labute approximate surface area is 185 Å². The normalized spacial score (nSPS) is 11.4. The Bertz CT molecular complexity index is 1460. The van der Waals surface area contributed by atoms with E-state index in [1.165, 1.54) is 29.5 Å². The van der Waals surface area contributed by atoms with Crippen LogP contribution < -0.4 is 0 Å². The van der Waals surface area contributed by atoms with E-state index in [0.29, 0.717) is 10.6 Å². The van der Waals surface area contributed by atoms with Gasteiger partial charge in [0, 0.05) is 23.3 Å². The van der Waals surface area contributed by atoms with Crippen molar-refractivity contribution in [2.45, 2.75) is 0 Å². The average Bonchev–Trinajstić information content (AvgIpc) is 3.35. The fraction of sp³-hybridized carbons (Fsp3) is 0. The van der Waals surface area contributed by atoms with E-state index < -0.39 is 4.92 Å². The number of aromatic hydroxyl groups is 1. The van der Waals surface area contributed by atoms with Gasteiger partial charge in [-0.15, -0.1) is 10.2 Å². The first-order chi connectivity index (χ1) is 15.6. The van der Waals surface area contributed by atoms with E-state index in [2.05, 4.69) is 10.2 Å². The molecule has 1 N–H and O–H groups in total. The number of nitrogens with zero attached hydrogens (tertiary/aromatic N) is 5. The van der Waals surface area contributed by atoms with Crippen LogP contribution in [-0.4, -0.2) is 19.4 Å². The molecular weight excluding hydrogens is 426 g/mol. The predicted molar refractivity (Wildman–Crippen MR) is 123 cm³/mol. The molecule has 0 radical (unpaired) electrons. The molecule has 2 aromatic heterocycles. The van der Waals surface area contributed by atoms with E-state index in [0.717, 1.165) is 22.5 Å². The maximum atomic E-state index is 11.0. The van der Waals surface area contributed by atoms with E-state index in [-0.39, 0.29) is 16.6 Å². The van der Waals surface area contributed by atoms with E-state index in [9.17, 15) is 15.2 Å². The van der Waals surface area contributed by atoms with Crippen LogP contribution in [0.3, 0.4) is 0 Å². The second-order valence-electron chi connectivity index (χ2n) is 6.87. The maximum Gasteiger partial charge on any atom is 0.271 e. The molecule has 0 aliphatic heterocycles. The van der Waals surface area contributed by atoms with Gasteiger partial charge in [-0.3, -0.25) is 14.5 Å². The van der Waals surface area contributed by atoms with Crippen molar-refractivity contribution in [3.8, 4) is 28.4 Å². The second kappa shape index (κ2) is 8.05. The van der Waals surface area contributed by atoms with Crippen molar-refractivity contribution in [1.82, 2.24) is 9.38 Å². The number of hydrogen-bond donors (Lipinski definition) is 1. The lowest BCUT2D eigenvalue weighted by atomic mass is 10.1. The molecule has 0 atom stereocenters. The highest BCUT2D eigenvalue weighted by Crippen LogP contribution is 2.44. The van der Waals surface area contributed by atoms with E-state index in [1.807, 2.05) is 60.7 Å². The minimum Gasteiger partial charge on any atom is -0.492 e. The molecule has 32 heavy (non-hydrogen) atoms. The number of non-ortho nitro benzene ring substituents is 1. The molecule has 0 aliphatic rings. The molecule has 156 valence electrons. The summed E-state index contributed by atoms with van der Waals surface area (Å²) >= 11 is 1.19. The lowest BCUT2D eigenvalue weighted by Crippen LogP contribution is -1.88. The predicted octanol–water partition coefficient (Wildman–Crippen LogP) is 6.76. The monoisotopic (exact) mass is 441 g/mol. The van der Waals surface area contributed by atoms with Gasteiger partial charge in [0.15, 0.2) is 4.96 Å². The van der Waals surface area contributed by atoms with Gasteiger partial charge < -0.3 is 5.11 Å². The largest absolute Gasteiger partial charge is 0.492 e. The molecule has 0 fully saturated rings. The molecule has 2 heterocycles. The number of benzene rings is 3. The molecular formula is C23H15N5O3S. The first kappa shape index (κ1) is 19.6. The number of aromatic nitrogens is 2. The van der Waals surface area contributed by atoms with Crippen LogP contribution in [0.15, 0.2) is 95.2 Å². The summed E-state index contributed by atoms with van der Waals surface area (Å²) in [6, 6.07) is 25.3. The van der Waals surface area contributed by atoms with Crippen molar-refractivity contribution in [2.24, 2.45) is 10.2 Å². The van der Waals surface area contributed by atoms with Gasteiger partial charge in [0.05, 0.1) is 22.0 Å². The number of nitro benzene ring substituents is 1. The van der Waals surface area contributed by atoms with Gasteiger partial charge in [-0.05, 0) is 6.07 Å². The highest BCUT2D eigenvalue weighted by molar-refractivity contribution is 7.21. The van der Waals surface area contributed by atoms with E-state index in [1.54, 1.807) is 10.5 Å². The molecule has 5 aromatic rings. The van der Waals surface area contributed by atoms with Crippen molar-refractivity contribution < 1.29 is 10.0 Å². The number of rotatable bonds is 5. The molecule has 5 rings (SSSR count). The maximum absolute atomic E-state index is 11.0. The molecule has 0 spiro atoms. The van der Waals surface area contributed by atoms with Crippen LogP contribution in [0.4, 0.5) is 16.4 Å². The number of azo groups is 1. The van der Waals surface area contributed by atoms with Crippen LogP contribution in [-0.2, 0) is 0 Å². The Hall–Kier alpha value is -4.37. The summed E-state index contributed by atoms with van der Waals surface area (Å²) < 4.78 is 1.66. The lowest BCUT2D eigenvalue weighted by Gasteiger charge is -2.05. The summed E-state index contributed by atoms with van der Waals surface area (Å²) in [4.78, 5) is 15.8. The van der Waals surface area contributed by atoms with Gasteiger partial charge >= 0.3 is 0 Å². The summed E-state index contributed by atoms with van der Waals surface area (Å²) in [5.74, 6) is -0.0901. The number of imidazole rings is 1. The zero-order valence-corrected chi connectivity index (χ0v) is 17.3. The van der Waals surface area contributed by atoms with Crippen molar-refractivity contribution in [3.05, 3.63) is 95.0 Å². The fourth-order valence-electron chi connectivity index (χ4n) is 3.39. The number of fused-ring (bicyclic) bond motifs is 1. The Morgan fingerprint density at radius 1 is 0.906 bits per heavy atom. The third kappa shape index (κ3) is 3.50. The molecule has 8 nitrogen and oxygen atoms in total. The number of thiazole rings is 1. The summed E-state index contributed by atoms with van der Waals surface area (Å²) in [5, 5.41) is 30.4. The Kier molecular flexibility index (Phi) is 4.92. The summed E-state index contributed by atoms with van der Waals surface area (Å²) in [6.45, 7) is 0. The quantitative estimate of drug-likeness (QED) is 0.185. The van der Waals surface area contributed by atoms with Crippen LogP contribution in [0.1, 0.15) is 0 Å². The minimum atomic E-state index is -0.493. The summed E-state index contributed by atoms with van der Waals surface area (Å²) in [5.41, 5.74) is 3.57. The van der Waals surface area contributed by atoms with Crippen molar-refractivity contribution in [3.63, 3.8) is 0 Å². The molecule has 0 unspecified atom stereocenters. The Morgan fingerprint density at radius 2 is 1.59 bits per heavy atom.